The second-order valence-electron chi connectivity index (χ2n) is 27.4. The number of hydrogen-bond acceptors (Lipinski definition) is 24. The summed E-state index contributed by atoms with van der Waals surface area (Å²) in [5, 5.41) is 0. The molecule has 0 N–H and O–H groups in total. The highest BCUT2D eigenvalue weighted by Gasteiger charge is 2.38. The predicted octanol–water partition coefficient (Wildman–Crippen LogP) is 20.4. The molecule has 680 valence electrons. The van der Waals surface area contributed by atoms with Crippen LogP contribution in [0.2, 0.25) is 0 Å². The maximum absolute atomic E-state index is 11.8. The lowest BCUT2D eigenvalue weighted by molar-refractivity contribution is -0.158. The van der Waals surface area contributed by atoms with Gasteiger partial charge in [0.1, 0.15) is 52.9 Å². The highest BCUT2D eigenvalue weighted by Crippen LogP contribution is 2.38. The smallest absolute Gasteiger partial charge is 0.330 e. The molecule has 24 heteroatoms. The van der Waals surface area contributed by atoms with Crippen molar-refractivity contribution >= 4 is 71.6 Å². The number of ether oxygens (including phenoxy) is 12. The molecule has 0 amide bonds. The molecular formula is C96H152O24. The molecule has 0 aromatic rings. The molecule has 0 aromatic carbocycles. The minimum absolute atomic E-state index is 0. The minimum atomic E-state index is -0.864. The Morgan fingerprint density at radius 3 is 0.525 bits per heavy atom. The second kappa shape index (κ2) is 84.9. The van der Waals surface area contributed by atoms with Crippen molar-refractivity contribution in [3.63, 3.8) is 0 Å². The Balaban J connectivity index is -0.000000231. The predicted molar refractivity (Wildman–Crippen MR) is 479 cm³/mol. The Bertz CT molecular complexity index is 2910. The van der Waals surface area contributed by atoms with Crippen LogP contribution in [0.1, 0.15) is 235 Å². The van der Waals surface area contributed by atoms with Gasteiger partial charge in [0, 0.05) is 83.7 Å². The van der Waals surface area contributed by atoms with Crippen LogP contribution in [-0.2, 0) is 114 Å². The largest absolute Gasteiger partial charge is 0.463 e. The molecule has 1 atom stereocenters. The zero-order chi connectivity index (χ0) is 87.8. The first-order chi connectivity index (χ1) is 55.7. The molecule has 0 saturated heterocycles. The summed E-state index contributed by atoms with van der Waals surface area (Å²) in [7, 11) is 0. The van der Waals surface area contributed by atoms with E-state index >= 15 is 0 Å². The number of allylic oxidation sites excluding steroid dienone is 4. The van der Waals surface area contributed by atoms with E-state index in [1.165, 1.54) is 6.08 Å². The van der Waals surface area contributed by atoms with Crippen molar-refractivity contribution in [2.24, 2.45) is 21.7 Å². The summed E-state index contributed by atoms with van der Waals surface area (Å²) in [5.41, 5.74) is -2.39. The number of rotatable bonds is 72. The van der Waals surface area contributed by atoms with Gasteiger partial charge in [-0.3, -0.25) is 0 Å². The third-order valence-corrected chi connectivity index (χ3v) is 17.9. The van der Waals surface area contributed by atoms with E-state index in [1.54, 1.807) is 6.08 Å². The van der Waals surface area contributed by atoms with Crippen molar-refractivity contribution in [1.82, 2.24) is 0 Å². The molecule has 0 heterocycles. The van der Waals surface area contributed by atoms with Crippen molar-refractivity contribution in [2.75, 3.05) is 79.3 Å². The SMILES string of the molecule is C.C.C.C.C=CCCCCC(COC(=O)C=C)(COC(=O)C=C)COC(=O)C=C.C=CCCCCCCC(CCCCCOC(=O)C=C)(CCCOC(=O)C=C)COC(=O)C=C.C=CCCCCCCC(CCCCCOC(=O)C=C)(COC(=O)C=C)COC(=O)C=C.C=CCCCCCCC(COC(=O)C=C)(COC(=O)C=C)COC(=O)C=C. The average Bonchev–Trinajstić information content (AvgIpc) is 0.851. The van der Waals surface area contributed by atoms with Crippen LogP contribution in [0.5, 0.6) is 0 Å². The van der Waals surface area contributed by atoms with Gasteiger partial charge in [-0.15, -0.1) is 26.3 Å². The Labute approximate surface area is 721 Å². The van der Waals surface area contributed by atoms with Crippen LogP contribution in [0.25, 0.3) is 0 Å². The topological polar surface area (TPSA) is 316 Å². The van der Waals surface area contributed by atoms with Crippen molar-refractivity contribution in [1.29, 1.82) is 0 Å². The molecule has 0 saturated carbocycles. The summed E-state index contributed by atoms with van der Waals surface area (Å²) in [6.07, 6.45) is 49.2. The fourth-order valence-corrected chi connectivity index (χ4v) is 11.2. The molecule has 120 heavy (non-hydrogen) atoms. The van der Waals surface area contributed by atoms with Gasteiger partial charge >= 0.3 is 71.6 Å². The number of unbranched alkanes of at least 4 members (excludes halogenated alkanes) is 18. The van der Waals surface area contributed by atoms with Crippen molar-refractivity contribution in [3.05, 3.63) is 202 Å². The Morgan fingerprint density at radius 1 is 0.167 bits per heavy atom. The summed E-state index contributed by atoms with van der Waals surface area (Å²) < 4.78 is 62.4. The maximum Gasteiger partial charge on any atom is 0.330 e. The molecule has 0 bridgehead atoms. The molecule has 0 aromatic heterocycles. The normalized spacial score (nSPS) is 10.5. The monoisotopic (exact) mass is 1690 g/mol. The third-order valence-electron chi connectivity index (χ3n) is 17.9. The first-order valence-electron chi connectivity index (χ1n) is 39.6. The fourth-order valence-electron chi connectivity index (χ4n) is 11.2. The molecule has 0 rings (SSSR count). The van der Waals surface area contributed by atoms with Crippen LogP contribution in [0.3, 0.4) is 0 Å². The average molecular weight is 1690 g/mol. The van der Waals surface area contributed by atoms with Gasteiger partial charge in [0.15, 0.2) is 0 Å². The summed E-state index contributed by atoms with van der Waals surface area (Å²) in [4.78, 5) is 138. The minimum Gasteiger partial charge on any atom is -0.463 e. The quantitative estimate of drug-likeness (QED) is 0.0179. The van der Waals surface area contributed by atoms with Gasteiger partial charge < -0.3 is 56.8 Å². The van der Waals surface area contributed by atoms with E-state index in [1.807, 2.05) is 18.2 Å². The zero-order valence-corrected chi connectivity index (χ0v) is 69.5. The number of carbonyl (C=O) groups excluding carboxylic acids is 12. The highest BCUT2D eigenvalue weighted by atomic mass is 16.6. The summed E-state index contributed by atoms with van der Waals surface area (Å²) in [6.45, 7) is 56.7. The van der Waals surface area contributed by atoms with Gasteiger partial charge in [0.05, 0.1) is 37.3 Å². The van der Waals surface area contributed by atoms with Crippen LogP contribution in [0.4, 0.5) is 0 Å². The lowest BCUT2D eigenvalue weighted by Gasteiger charge is -2.34. The first-order valence-corrected chi connectivity index (χ1v) is 39.6. The second-order valence-corrected chi connectivity index (χ2v) is 27.4. The van der Waals surface area contributed by atoms with E-state index in [4.69, 9.17) is 56.8 Å². The van der Waals surface area contributed by atoms with Gasteiger partial charge in [-0.2, -0.15) is 0 Å². The lowest BCUT2D eigenvalue weighted by Crippen LogP contribution is -2.39. The van der Waals surface area contributed by atoms with E-state index in [2.05, 4.69) is 105 Å². The summed E-state index contributed by atoms with van der Waals surface area (Å²) in [5.74, 6) is -6.34. The van der Waals surface area contributed by atoms with Crippen LogP contribution < -0.4 is 0 Å². The molecule has 0 radical (unpaired) electrons. The van der Waals surface area contributed by atoms with E-state index in [0.29, 0.717) is 52.1 Å². The van der Waals surface area contributed by atoms with Gasteiger partial charge in [0.2, 0.25) is 0 Å². The maximum atomic E-state index is 11.8. The zero-order valence-electron chi connectivity index (χ0n) is 69.5. The van der Waals surface area contributed by atoms with E-state index in [9.17, 15) is 57.5 Å². The lowest BCUT2D eigenvalue weighted by atomic mass is 9.75. The fraction of sp³-hybridized carbons (Fsp3) is 0.542. The van der Waals surface area contributed by atoms with E-state index in [0.717, 1.165) is 247 Å². The van der Waals surface area contributed by atoms with Gasteiger partial charge in [-0.05, 0) is 116 Å². The summed E-state index contributed by atoms with van der Waals surface area (Å²) >= 11 is 0. The van der Waals surface area contributed by atoms with Crippen molar-refractivity contribution in [3.8, 4) is 0 Å². The van der Waals surface area contributed by atoms with Crippen LogP contribution in [-0.4, -0.2) is 151 Å². The molecule has 1 unspecified atom stereocenters. The van der Waals surface area contributed by atoms with E-state index in [-0.39, 0.29) is 88.0 Å². The van der Waals surface area contributed by atoms with Gasteiger partial charge in [-0.1, -0.05) is 223 Å². The van der Waals surface area contributed by atoms with Gasteiger partial charge in [-0.25, -0.2) is 57.5 Å². The van der Waals surface area contributed by atoms with Gasteiger partial charge in [0.25, 0.3) is 0 Å². The van der Waals surface area contributed by atoms with E-state index < -0.39 is 87.9 Å². The molecule has 0 fully saturated rings. The molecule has 0 aliphatic rings. The van der Waals surface area contributed by atoms with Crippen LogP contribution in [0.15, 0.2) is 202 Å². The molecule has 0 aliphatic carbocycles. The third kappa shape index (κ3) is 72.7. The standard InChI is InChI=1S/C27H42O6.C25H38O6.C21H30O6.C19H26O6.4CH4/c1-5-9-10-11-12-14-18-27(23-33-26(30)8-4,20-17-22-32-25(29)7-3)19-15-13-16-21-31-24(28)6-2;1-5-9-10-11-12-14-17-25(20-30-23(27)7-3,21-31-24(28)8-4)18-15-13-16-19-29-22(26)6-2;1-5-9-10-11-12-13-14-21(15-25-18(22)6-2,16-26-19(23)7-3)17-27-20(24)8-4;1-5-9-10-11-12-19(13-23-16(20)6-2,14-24-17(21)7-3)15-25-18(22)8-4;;;;/h5-8H,1-4,9-23H2;5-8H,1-4,9-21H2;5-8H,1-4,9-17H2;5-8H,1-4,9-15H2;4*1H4. The molecule has 0 spiro atoms. The number of hydrogen-bond donors (Lipinski definition) is 0. The Hall–Kier alpha value is -10.5. The molecule has 24 nitrogen and oxygen atoms in total. The first kappa shape index (κ1) is 125. The number of esters is 12. The Morgan fingerprint density at radius 2 is 0.308 bits per heavy atom. The highest BCUT2D eigenvalue weighted by molar-refractivity contribution is 5.85. The van der Waals surface area contributed by atoms with Crippen LogP contribution >= 0.6 is 0 Å². The number of carbonyl (C=O) groups is 12. The van der Waals surface area contributed by atoms with Crippen molar-refractivity contribution in [2.45, 2.75) is 235 Å². The summed E-state index contributed by atoms with van der Waals surface area (Å²) in [6, 6.07) is 0. The Kier molecular flexibility index (Phi) is 88.5. The molecular weight excluding hydrogens is 1540 g/mol. The van der Waals surface area contributed by atoms with Crippen LogP contribution in [0, 0.1) is 21.7 Å². The van der Waals surface area contributed by atoms with Crippen molar-refractivity contribution < 1.29 is 114 Å². The molecule has 0 aliphatic heterocycles.